The number of benzene rings is 1. The Kier molecular flexibility index (Phi) is 5.31. The molecule has 1 atom stereocenters. The Labute approximate surface area is 106 Å². The molecule has 0 aliphatic carbocycles. The largest absolute Gasteiger partial charge is 0.316 e. The van der Waals surface area contributed by atoms with Crippen LogP contribution in [0.3, 0.4) is 0 Å². The number of hydrogen-bond acceptors (Lipinski definition) is 2. The Morgan fingerprint density at radius 1 is 1.41 bits per heavy atom. The molecule has 0 bridgehead atoms. The Balaban J connectivity index is 0.00000144. The van der Waals surface area contributed by atoms with Crippen LogP contribution in [0.2, 0.25) is 0 Å². The molecule has 1 fully saturated rings. The van der Waals surface area contributed by atoms with Gasteiger partial charge >= 0.3 is 0 Å². The van der Waals surface area contributed by atoms with Crippen LogP contribution in [0.1, 0.15) is 12.0 Å². The van der Waals surface area contributed by atoms with E-state index < -0.39 is 11.6 Å². The van der Waals surface area contributed by atoms with E-state index >= 15 is 0 Å². The van der Waals surface area contributed by atoms with Crippen molar-refractivity contribution in [1.29, 1.82) is 0 Å². The minimum absolute atomic E-state index is 0. The number of nitrogens with zero attached hydrogens (tertiary/aromatic N) is 1. The van der Waals surface area contributed by atoms with Gasteiger partial charge in [0.05, 0.1) is 0 Å². The zero-order valence-corrected chi connectivity index (χ0v) is 10.6. The van der Waals surface area contributed by atoms with Crippen LogP contribution in [0.5, 0.6) is 0 Å². The molecule has 1 aromatic rings. The number of likely N-dealkylation sites (N-methyl/N-ethyl adjacent to an activating group) is 1. The fraction of sp³-hybridized carbons (Fsp3) is 0.500. The van der Waals surface area contributed by atoms with Gasteiger partial charge < -0.3 is 5.32 Å². The lowest BCUT2D eigenvalue weighted by molar-refractivity contribution is 0.316. The van der Waals surface area contributed by atoms with E-state index in [9.17, 15) is 8.78 Å². The van der Waals surface area contributed by atoms with Gasteiger partial charge in [0.1, 0.15) is 11.6 Å². The Bertz CT molecular complexity index is 374. The number of hydrogen-bond donors (Lipinski definition) is 1. The molecular formula is C12H17ClF2N2. The van der Waals surface area contributed by atoms with E-state index in [4.69, 9.17) is 0 Å². The third kappa shape index (κ3) is 3.63. The first-order valence-corrected chi connectivity index (χ1v) is 5.52. The van der Waals surface area contributed by atoms with Gasteiger partial charge in [-0.05, 0) is 19.5 Å². The second kappa shape index (κ2) is 6.28. The van der Waals surface area contributed by atoms with E-state index in [1.165, 1.54) is 12.1 Å². The predicted octanol–water partition coefficient (Wildman–Crippen LogP) is 2.18. The first kappa shape index (κ1) is 14.4. The molecule has 0 amide bonds. The molecule has 1 saturated heterocycles. The summed E-state index contributed by atoms with van der Waals surface area (Å²) in [6, 6.07) is 4.27. The van der Waals surface area contributed by atoms with E-state index in [2.05, 4.69) is 10.2 Å². The Morgan fingerprint density at radius 3 is 2.76 bits per heavy atom. The molecule has 1 unspecified atom stereocenters. The van der Waals surface area contributed by atoms with Gasteiger partial charge in [0.2, 0.25) is 0 Å². The maximum Gasteiger partial charge on any atom is 0.130 e. The maximum absolute atomic E-state index is 13.4. The summed E-state index contributed by atoms with van der Waals surface area (Å²) in [6.07, 6.45) is 1.08. The van der Waals surface area contributed by atoms with E-state index in [0.29, 0.717) is 18.2 Å². The smallest absolute Gasteiger partial charge is 0.130 e. The van der Waals surface area contributed by atoms with Crippen molar-refractivity contribution in [3.63, 3.8) is 0 Å². The molecule has 2 rings (SSSR count). The van der Waals surface area contributed by atoms with E-state index in [0.717, 1.165) is 25.6 Å². The summed E-state index contributed by atoms with van der Waals surface area (Å²) in [5.74, 6) is -0.969. The van der Waals surface area contributed by atoms with Gasteiger partial charge in [0.15, 0.2) is 0 Å². The lowest BCUT2D eigenvalue weighted by atomic mass is 10.2. The Hall–Kier alpha value is -0.710. The average Bonchev–Trinajstić information content (AvgIpc) is 2.70. The molecule has 1 aromatic carbocycles. The molecule has 0 saturated carbocycles. The van der Waals surface area contributed by atoms with Gasteiger partial charge in [0.25, 0.3) is 0 Å². The summed E-state index contributed by atoms with van der Waals surface area (Å²) in [5.41, 5.74) is 0.568. The second-order valence-electron chi connectivity index (χ2n) is 4.25. The van der Waals surface area contributed by atoms with Crippen LogP contribution in [-0.4, -0.2) is 31.1 Å². The molecule has 0 radical (unpaired) electrons. The number of nitrogens with one attached hydrogen (secondary N) is 1. The highest BCUT2D eigenvalue weighted by atomic mass is 35.5. The second-order valence-corrected chi connectivity index (χ2v) is 4.25. The fourth-order valence-electron chi connectivity index (χ4n) is 2.10. The number of likely N-dealkylation sites (tertiary alicyclic amines) is 1. The van der Waals surface area contributed by atoms with Crippen molar-refractivity contribution in [2.24, 2.45) is 0 Å². The predicted molar refractivity (Wildman–Crippen MR) is 66.3 cm³/mol. The topological polar surface area (TPSA) is 15.3 Å². The lowest BCUT2D eigenvalue weighted by Crippen LogP contribution is -2.29. The van der Waals surface area contributed by atoms with E-state index in [1.807, 2.05) is 7.05 Å². The molecule has 2 nitrogen and oxygen atoms in total. The van der Waals surface area contributed by atoms with E-state index in [-0.39, 0.29) is 12.4 Å². The standard InChI is InChI=1S/C12H16F2N2.ClH/c1-15-11-4-5-16(8-11)7-9-2-3-10(13)6-12(9)14;/h2-3,6,11,15H,4-5,7-8H2,1H3;1H. The fourth-order valence-corrected chi connectivity index (χ4v) is 2.10. The van der Waals surface area contributed by atoms with Crippen molar-refractivity contribution in [2.75, 3.05) is 20.1 Å². The first-order chi connectivity index (χ1) is 7.69. The van der Waals surface area contributed by atoms with Gasteiger partial charge in [0, 0.05) is 37.3 Å². The van der Waals surface area contributed by atoms with Crippen molar-refractivity contribution >= 4 is 12.4 Å². The highest BCUT2D eigenvalue weighted by molar-refractivity contribution is 5.85. The van der Waals surface area contributed by atoms with Gasteiger partial charge in [-0.25, -0.2) is 8.78 Å². The van der Waals surface area contributed by atoms with Crippen molar-refractivity contribution in [2.45, 2.75) is 19.0 Å². The molecule has 1 aliphatic rings. The first-order valence-electron chi connectivity index (χ1n) is 5.52. The van der Waals surface area contributed by atoms with Gasteiger partial charge in [-0.15, -0.1) is 12.4 Å². The molecule has 1 N–H and O–H groups in total. The summed E-state index contributed by atoms with van der Waals surface area (Å²) in [5, 5.41) is 3.21. The quantitative estimate of drug-likeness (QED) is 0.898. The van der Waals surface area contributed by atoms with Gasteiger partial charge in [-0.2, -0.15) is 0 Å². The molecule has 1 aliphatic heterocycles. The molecule has 1 heterocycles. The van der Waals surface area contributed by atoms with Crippen LogP contribution < -0.4 is 5.32 Å². The van der Waals surface area contributed by atoms with Crippen molar-refractivity contribution in [1.82, 2.24) is 10.2 Å². The summed E-state index contributed by atoms with van der Waals surface area (Å²) < 4.78 is 26.1. The number of halogens is 3. The van der Waals surface area contributed by atoms with Crippen molar-refractivity contribution in [3.8, 4) is 0 Å². The molecule has 96 valence electrons. The Morgan fingerprint density at radius 2 is 2.18 bits per heavy atom. The summed E-state index contributed by atoms with van der Waals surface area (Å²) >= 11 is 0. The SMILES string of the molecule is CNC1CCN(Cc2ccc(F)cc2F)C1.Cl. The highest BCUT2D eigenvalue weighted by Crippen LogP contribution is 2.16. The lowest BCUT2D eigenvalue weighted by Gasteiger charge is -2.16. The summed E-state index contributed by atoms with van der Waals surface area (Å²) in [4.78, 5) is 2.18. The molecule has 0 aromatic heterocycles. The molecule has 0 spiro atoms. The normalized spacial score (nSPS) is 20.3. The molecular weight excluding hydrogens is 246 g/mol. The molecule has 17 heavy (non-hydrogen) atoms. The van der Waals surface area contributed by atoms with Crippen molar-refractivity contribution < 1.29 is 8.78 Å². The molecule has 5 heteroatoms. The van der Waals surface area contributed by atoms with Gasteiger partial charge in [-0.3, -0.25) is 4.90 Å². The van der Waals surface area contributed by atoms with Gasteiger partial charge in [-0.1, -0.05) is 6.07 Å². The average molecular weight is 263 g/mol. The van der Waals surface area contributed by atoms with Crippen molar-refractivity contribution in [3.05, 3.63) is 35.4 Å². The minimum Gasteiger partial charge on any atom is -0.316 e. The number of rotatable bonds is 3. The zero-order chi connectivity index (χ0) is 11.5. The van der Waals surface area contributed by atoms with Crippen LogP contribution in [0.4, 0.5) is 8.78 Å². The zero-order valence-electron chi connectivity index (χ0n) is 9.75. The van der Waals surface area contributed by atoms with Crippen LogP contribution in [-0.2, 0) is 6.54 Å². The van der Waals surface area contributed by atoms with Crippen LogP contribution >= 0.6 is 12.4 Å². The maximum atomic E-state index is 13.4. The monoisotopic (exact) mass is 262 g/mol. The van der Waals surface area contributed by atoms with Crippen LogP contribution in [0, 0.1) is 11.6 Å². The summed E-state index contributed by atoms with van der Waals surface area (Å²) in [7, 11) is 1.94. The highest BCUT2D eigenvalue weighted by Gasteiger charge is 2.21. The minimum atomic E-state index is -0.518. The third-order valence-corrected chi connectivity index (χ3v) is 3.09. The van der Waals surface area contributed by atoms with E-state index in [1.54, 1.807) is 0 Å². The van der Waals surface area contributed by atoms with Crippen LogP contribution in [0.25, 0.3) is 0 Å². The van der Waals surface area contributed by atoms with Crippen LogP contribution in [0.15, 0.2) is 18.2 Å². The third-order valence-electron chi connectivity index (χ3n) is 3.09. The summed E-state index contributed by atoms with van der Waals surface area (Å²) in [6.45, 7) is 2.44.